The maximum Gasteiger partial charge on any atom is 0.240 e. The summed E-state index contributed by atoms with van der Waals surface area (Å²) in [6, 6.07) is 4.60. The Kier molecular flexibility index (Phi) is 4.81. The highest BCUT2D eigenvalue weighted by molar-refractivity contribution is 7.89. The molecular formula is C13H18N4O2S2. The predicted octanol–water partition coefficient (Wildman–Crippen LogP) is 1.60. The van der Waals surface area contributed by atoms with Crippen LogP contribution in [0, 0.1) is 6.92 Å². The Morgan fingerprint density at radius 2 is 2.14 bits per heavy atom. The van der Waals surface area contributed by atoms with Crippen LogP contribution in [0.5, 0.6) is 0 Å². The number of benzene rings is 1. The number of hydrogen-bond acceptors (Lipinski definition) is 6. The summed E-state index contributed by atoms with van der Waals surface area (Å²) in [7, 11) is -2.09. The Hall–Kier alpha value is -1.64. The monoisotopic (exact) mass is 326 g/mol. The van der Waals surface area contributed by atoms with Crippen LogP contribution in [0.25, 0.3) is 0 Å². The topological polar surface area (TPSA) is 97.1 Å². The molecule has 114 valence electrons. The molecule has 0 unspecified atom stereocenters. The number of nitrogens with zero attached hydrogens (tertiary/aromatic N) is 1. The summed E-state index contributed by atoms with van der Waals surface area (Å²) in [5, 5.41) is 6.20. The normalized spacial score (nSPS) is 11.5. The van der Waals surface area contributed by atoms with E-state index in [1.54, 1.807) is 17.4 Å². The molecule has 0 aliphatic rings. The molecule has 0 saturated carbocycles. The lowest BCUT2D eigenvalue weighted by atomic mass is 10.2. The highest BCUT2D eigenvalue weighted by Gasteiger charge is 2.13. The third-order valence-electron chi connectivity index (χ3n) is 2.97. The molecule has 0 aliphatic carbocycles. The maximum atomic E-state index is 11.8. The second-order valence-corrected chi connectivity index (χ2v) is 7.44. The lowest BCUT2D eigenvalue weighted by Crippen LogP contribution is -2.19. The van der Waals surface area contributed by atoms with Crippen molar-refractivity contribution in [1.29, 1.82) is 0 Å². The molecule has 2 aromatic rings. The van der Waals surface area contributed by atoms with Crippen LogP contribution in [0.1, 0.15) is 10.7 Å². The van der Waals surface area contributed by atoms with Crippen molar-refractivity contribution >= 4 is 32.7 Å². The van der Waals surface area contributed by atoms with Crippen molar-refractivity contribution in [1.82, 2.24) is 9.71 Å². The Bertz CT molecular complexity index is 726. The van der Waals surface area contributed by atoms with Gasteiger partial charge in [-0.1, -0.05) is 0 Å². The van der Waals surface area contributed by atoms with Crippen LogP contribution < -0.4 is 15.8 Å². The van der Waals surface area contributed by atoms with Crippen LogP contribution in [0.3, 0.4) is 0 Å². The molecule has 6 nitrogen and oxygen atoms in total. The Morgan fingerprint density at radius 3 is 2.76 bits per heavy atom. The van der Waals surface area contributed by atoms with Crippen molar-refractivity contribution in [2.75, 3.05) is 24.6 Å². The lowest BCUT2D eigenvalue weighted by Gasteiger charge is -2.11. The number of sulfonamides is 1. The van der Waals surface area contributed by atoms with Gasteiger partial charge in [-0.25, -0.2) is 18.1 Å². The zero-order valence-corrected chi connectivity index (χ0v) is 13.5. The van der Waals surface area contributed by atoms with E-state index in [1.165, 1.54) is 19.2 Å². The third-order valence-corrected chi connectivity index (χ3v) is 5.20. The summed E-state index contributed by atoms with van der Waals surface area (Å²) in [5.74, 6) is 0. The van der Waals surface area contributed by atoms with Gasteiger partial charge in [-0.2, -0.15) is 0 Å². The second-order valence-electron chi connectivity index (χ2n) is 4.49. The highest BCUT2D eigenvalue weighted by Crippen LogP contribution is 2.22. The predicted molar refractivity (Wildman–Crippen MR) is 86.1 cm³/mol. The number of nitrogens with two attached hydrogens (primary N) is 1. The smallest absolute Gasteiger partial charge is 0.240 e. The average molecular weight is 326 g/mol. The minimum absolute atomic E-state index is 0.186. The zero-order chi connectivity index (χ0) is 15.5. The first kappa shape index (κ1) is 15.7. The van der Waals surface area contributed by atoms with Crippen LogP contribution in [-0.2, 0) is 16.4 Å². The molecule has 21 heavy (non-hydrogen) atoms. The molecule has 1 aromatic carbocycles. The molecule has 0 fully saturated rings. The van der Waals surface area contributed by atoms with Crippen molar-refractivity contribution in [3.8, 4) is 0 Å². The Labute approximate surface area is 128 Å². The van der Waals surface area contributed by atoms with E-state index in [-0.39, 0.29) is 4.90 Å². The number of aromatic nitrogens is 1. The van der Waals surface area contributed by atoms with Crippen molar-refractivity contribution in [3.05, 3.63) is 34.3 Å². The molecule has 2 rings (SSSR count). The van der Waals surface area contributed by atoms with E-state index in [0.717, 1.165) is 17.1 Å². The summed E-state index contributed by atoms with van der Waals surface area (Å²) in [4.78, 5) is 4.56. The van der Waals surface area contributed by atoms with E-state index in [1.807, 2.05) is 12.3 Å². The summed E-state index contributed by atoms with van der Waals surface area (Å²) in [5.41, 5.74) is 8.01. The van der Waals surface area contributed by atoms with Crippen LogP contribution in [0.4, 0.5) is 11.4 Å². The molecular weight excluding hydrogens is 308 g/mol. The minimum Gasteiger partial charge on any atom is -0.397 e. The van der Waals surface area contributed by atoms with Crippen molar-refractivity contribution in [2.24, 2.45) is 0 Å². The molecule has 8 heteroatoms. The quantitative estimate of drug-likeness (QED) is 0.701. The fraction of sp³-hybridized carbons (Fsp3) is 0.308. The van der Waals surface area contributed by atoms with Crippen LogP contribution in [0.2, 0.25) is 0 Å². The summed E-state index contributed by atoms with van der Waals surface area (Å²) >= 11 is 1.61. The van der Waals surface area contributed by atoms with E-state index < -0.39 is 10.0 Å². The molecule has 0 bridgehead atoms. The molecule has 1 heterocycles. The fourth-order valence-corrected chi connectivity index (χ4v) is 3.22. The number of nitrogens with one attached hydrogen (secondary N) is 2. The minimum atomic E-state index is -3.47. The second kappa shape index (κ2) is 6.42. The van der Waals surface area contributed by atoms with E-state index in [0.29, 0.717) is 17.9 Å². The Balaban J connectivity index is 2.07. The summed E-state index contributed by atoms with van der Waals surface area (Å²) in [6.45, 7) is 2.60. The molecule has 0 aliphatic heterocycles. The number of anilines is 2. The zero-order valence-electron chi connectivity index (χ0n) is 11.9. The molecule has 4 N–H and O–H groups in total. The first-order valence-corrected chi connectivity index (χ1v) is 8.76. The molecule has 0 amide bonds. The Morgan fingerprint density at radius 1 is 1.38 bits per heavy atom. The van der Waals surface area contributed by atoms with Crippen LogP contribution in [0.15, 0.2) is 28.5 Å². The van der Waals surface area contributed by atoms with Gasteiger partial charge >= 0.3 is 0 Å². The van der Waals surface area contributed by atoms with Gasteiger partial charge in [0.25, 0.3) is 0 Å². The molecule has 0 spiro atoms. The van der Waals surface area contributed by atoms with Crippen molar-refractivity contribution in [3.63, 3.8) is 0 Å². The van der Waals surface area contributed by atoms with E-state index in [4.69, 9.17) is 5.73 Å². The van der Waals surface area contributed by atoms with Gasteiger partial charge in [-0.15, -0.1) is 11.3 Å². The molecule has 1 aromatic heterocycles. The standard InChI is InChI=1S/C13H18N4O2S2/c1-9-17-10(8-20-9)5-6-16-13-7-11(3-4-12(13)14)21(18,19)15-2/h3-4,7-8,15-16H,5-6,14H2,1-2H3. The molecule has 0 saturated heterocycles. The van der Waals surface area contributed by atoms with Gasteiger partial charge in [-0.3, -0.25) is 0 Å². The average Bonchev–Trinajstić information content (AvgIpc) is 2.86. The lowest BCUT2D eigenvalue weighted by molar-refractivity contribution is 0.588. The van der Waals surface area contributed by atoms with Crippen molar-refractivity contribution in [2.45, 2.75) is 18.2 Å². The largest absolute Gasteiger partial charge is 0.397 e. The number of rotatable bonds is 6. The van der Waals surface area contributed by atoms with Crippen LogP contribution in [-0.4, -0.2) is 27.0 Å². The molecule has 0 radical (unpaired) electrons. The highest BCUT2D eigenvalue weighted by atomic mass is 32.2. The first-order chi connectivity index (χ1) is 9.92. The number of nitrogen functional groups attached to an aromatic ring is 1. The van der Waals surface area contributed by atoms with E-state index in [9.17, 15) is 8.42 Å². The summed E-state index contributed by atoms with van der Waals surface area (Å²) in [6.07, 6.45) is 0.757. The SMILES string of the molecule is CNS(=O)(=O)c1ccc(N)c(NCCc2csc(C)n2)c1. The van der Waals surface area contributed by atoms with Gasteiger partial charge in [0, 0.05) is 18.3 Å². The van der Waals surface area contributed by atoms with Gasteiger partial charge in [0.15, 0.2) is 0 Å². The van der Waals surface area contributed by atoms with Gasteiger partial charge in [0.05, 0.1) is 27.0 Å². The van der Waals surface area contributed by atoms with Gasteiger partial charge < -0.3 is 11.1 Å². The van der Waals surface area contributed by atoms with Gasteiger partial charge in [0.2, 0.25) is 10.0 Å². The van der Waals surface area contributed by atoms with Gasteiger partial charge in [-0.05, 0) is 32.2 Å². The fourth-order valence-electron chi connectivity index (χ4n) is 1.82. The van der Waals surface area contributed by atoms with E-state index in [2.05, 4.69) is 15.0 Å². The third kappa shape index (κ3) is 3.93. The van der Waals surface area contributed by atoms with Crippen LogP contribution >= 0.6 is 11.3 Å². The van der Waals surface area contributed by atoms with Crippen molar-refractivity contribution < 1.29 is 8.42 Å². The van der Waals surface area contributed by atoms with Gasteiger partial charge in [0.1, 0.15) is 0 Å². The summed E-state index contributed by atoms with van der Waals surface area (Å²) < 4.78 is 25.8. The first-order valence-electron chi connectivity index (χ1n) is 6.40. The maximum absolute atomic E-state index is 11.8. The molecule has 0 atom stereocenters. The van der Waals surface area contributed by atoms with E-state index >= 15 is 0 Å². The number of hydrogen-bond donors (Lipinski definition) is 3. The number of thiazole rings is 1. The number of aryl methyl sites for hydroxylation is 1.